The van der Waals surface area contributed by atoms with Gasteiger partial charge in [-0.1, -0.05) is 45.4 Å². The van der Waals surface area contributed by atoms with E-state index in [4.69, 9.17) is 0 Å². The fourth-order valence-electron chi connectivity index (χ4n) is 8.65. The molecule has 0 aromatic rings. The van der Waals surface area contributed by atoms with Gasteiger partial charge in [0.15, 0.2) is 5.76 Å². The van der Waals surface area contributed by atoms with E-state index in [0.717, 1.165) is 56.1 Å². The number of hydrogen-bond acceptors (Lipinski definition) is 3. The van der Waals surface area contributed by atoms with E-state index in [9.17, 15) is 19.8 Å². The normalized spacial score (nSPS) is 46.8. The van der Waals surface area contributed by atoms with Gasteiger partial charge in [-0.05, 0) is 98.2 Å². The van der Waals surface area contributed by atoms with E-state index in [-0.39, 0.29) is 33.2 Å². The van der Waals surface area contributed by atoms with Gasteiger partial charge in [-0.25, -0.2) is 0 Å². The highest BCUT2D eigenvalue weighted by molar-refractivity contribution is 6.06. The van der Waals surface area contributed by atoms with Crippen molar-refractivity contribution in [3.05, 3.63) is 46.3 Å². The summed E-state index contributed by atoms with van der Waals surface area (Å²) in [4.78, 5) is 24.8. The molecule has 178 valence electrons. The lowest BCUT2D eigenvalue weighted by molar-refractivity contribution is -0.178. The zero-order chi connectivity index (χ0) is 24.2. The number of allylic oxidation sites excluding steroid dienone is 7. The molecule has 33 heavy (non-hydrogen) atoms. The van der Waals surface area contributed by atoms with E-state index in [0.29, 0.717) is 11.5 Å². The fraction of sp³-hybridized carbons (Fsp3) is 0.655. The van der Waals surface area contributed by atoms with Crippen molar-refractivity contribution in [2.45, 2.75) is 86.5 Å². The van der Waals surface area contributed by atoms with Crippen LogP contribution in [0.2, 0.25) is 0 Å². The first-order valence-electron chi connectivity index (χ1n) is 12.6. The highest BCUT2D eigenvalue weighted by atomic mass is 16.4. The smallest absolute Gasteiger partial charge is 0.309 e. The Morgan fingerprint density at radius 1 is 0.970 bits per heavy atom. The highest BCUT2D eigenvalue weighted by Gasteiger charge is 2.67. The molecule has 5 rings (SSSR count). The van der Waals surface area contributed by atoms with Crippen molar-refractivity contribution in [3.8, 4) is 0 Å². The van der Waals surface area contributed by atoms with Gasteiger partial charge in [0.25, 0.3) is 0 Å². The number of aliphatic hydroxyl groups excluding tert-OH is 1. The number of carbonyl (C=O) groups is 2. The van der Waals surface area contributed by atoms with E-state index in [1.165, 1.54) is 5.57 Å². The Morgan fingerprint density at radius 2 is 1.64 bits per heavy atom. The van der Waals surface area contributed by atoms with Gasteiger partial charge in [0, 0.05) is 11.0 Å². The number of carbonyl (C=O) groups excluding carboxylic acids is 1. The molecule has 4 heteroatoms. The molecule has 5 aliphatic rings. The molecule has 4 nitrogen and oxygen atoms in total. The van der Waals surface area contributed by atoms with Gasteiger partial charge in [0.05, 0.1) is 5.41 Å². The van der Waals surface area contributed by atoms with Crippen molar-refractivity contribution >= 4 is 11.8 Å². The summed E-state index contributed by atoms with van der Waals surface area (Å²) < 4.78 is 0. The minimum atomic E-state index is -0.655. The van der Waals surface area contributed by atoms with Crippen molar-refractivity contribution in [2.75, 3.05) is 0 Å². The molecule has 0 amide bonds. The van der Waals surface area contributed by atoms with E-state index in [1.54, 1.807) is 6.08 Å². The Kier molecular flexibility index (Phi) is 4.48. The van der Waals surface area contributed by atoms with Crippen LogP contribution < -0.4 is 0 Å². The zero-order valence-electron chi connectivity index (χ0n) is 21.0. The molecule has 2 N–H and O–H groups in total. The molecule has 2 unspecified atom stereocenters. The topological polar surface area (TPSA) is 74.6 Å². The molecule has 0 heterocycles. The van der Waals surface area contributed by atoms with Crippen molar-refractivity contribution in [1.82, 2.24) is 0 Å². The van der Waals surface area contributed by atoms with Gasteiger partial charge in [0.2, 0.25) is 5.78 Å². The lowest BCUT2D eigenvalue weighted by atomic mass is 9.34. The minimum absolute atomic E-state index is 0.0000746. The van der Waals surface area contributed by atoms with Gasteiger partial charge in [-0.2, -0.15) is 0 Å². The molecule has 0 aromatic heterocycles. The summed E-state index contributed by atoms with van der Waals surface area (Å²) in [6.45, 7) is 13.3. The Morgan fingerprint density at radius 3 is 2.30 bits per heavy atom. The maximum absolute atomic E-state index is 12.6. The van der Waals surface area contributed by atoms with Gasteiger partial charge >= 0.3 is 5.97 Å². The largest absolute Gasteiger partial charge is 0.504 e. The molecule has 3 saturated carbocycles. The molecule has 0 spiro atoms. The van der Waals surface area contributed by atoms with Gasteiger partial charge in [0.1, 0.15) is 0 Å². The lowest BCUT2D eigenvalue weighted by Gasteiger charge is -2.70. The van der Waals surface area contributed by atoms with Crippen molar-refractivity contribution in [1.29, 1.82) is 0 Å². The summed E-state index contributed by atoms with van der Waals surface area (Å²) in [5.74, 6) is -0.734. The summed E-state index contributed by atoms with van der Waals surface area (Å²) in [5, 5.41) is 20.3. The molecule has 3 fully saturated rings. The number of hydrogen-bond donors (Lipinski definition) is 2. The summed E-state index contributed by atoms with van der Waals surface area (Å²) in [7, 11) is 0. The first kappa shape index (κ1) is 22.7. The number of aliphatic carboxylic acids is 1. The van der Waals surface area contributed by atoms with Crippen molar-refractivity contribution < 1.29 is 19.8 Å². The van der Waals surface area contributed by atoms with E-state index in [1.807, 2.05) is 13.8 Å². The van der Waals surface area contributed by atoms with Crippen LogP contribution in [0.5, 0.6) is 0 Å². The van der Waals surface area contributed by atoms with Crippen LogP contribution in [0.25, 0.3) is 0 Å². The molecule has 5 aliphatic carbocycles. The first-order valence-corrected chi connectivity index (χ1v) is 12.6. The number of fused-ring (bicyclic) bond motifs is 7. The molecule has 0 aliphatic heterocycles. The zero-order valence-corrected chi connectivity index (χ0v) is 21.0. The Bertz CT molecular complexity index is 1100. The van der Waals surface area contributed by atoms with Crippen LogP contribution in [0.3, 0.4) is 0 Å². The lowest BCUT2D eigenvalue weighted by Crippen LogP contribution is -2.62. The number of ketones is 1. The Labute approximate surface area is 197 Å². The van der Waals surface area contributed by atoms with Crippen molar-refractivity contribution in [2.24, 2.45) is 33.0 Å². The first-order chi connectivity index (χ1) is 15.2. The summed E-state index contributed by atoms with van der Waals surface area (Å²) in [5.41, 5.74) is 3.33. The minimum Gasteiger partial charge on any atom is -0.504 e. The fourth-order valence-corrected chi connectivity index (χ4v) is 8.65. The van der Waals surface area contributed by atoms with Gasteiger partial charge in [-0.3, -0.25) is 9.59 Å². The number of carboxylic acid groups (broad SMARTS) is 1. The molecule has 6 atom stereocenters. The van der Waals surface area contributed by atoms with Crippen LogP contribution in [-0.2, 0) is 9.59 Å². The van der Waals surface area contributed by atoms with Crippen LogP contribution >= 0.6 is 0 Å². The average molecular weight is 451 g/mol. The van der Waals surface area contributed by atoms with Crippen LogP contribution in [0.15, 0.2) is 46.3 Å². The molecule has 0 aromatic carbocycles. The summed E-state index contributed by atoms with van der Waals surface area (Å²) in [6, 6.07) is 0. The quantitative estimate of drug-likeness (QED) is 0.466. The maximum Gasteiger partial charge on any atom is 0.309 e. The summed E-state index contributed by atoms with van der Waals surface area (Å²) in [6.07, 6.45) is 12.7. The van der Waals surface area contributed by atoms with Crippen molar-refractivity contribution in [3.63, 3.8) is 0 Å². The Balaban J connectivity index is 1.64. The molecule has 0 bridgehead atoms. The molecule has 0 radical (unpaired) electrons. The van der Waals surface area contributed by atoms with Crippen LogP contribution in [0, 0.1) is 33.0 Å². The number of rotatable bonds is 1. The SMILES string of the molecule is CC1=C(O)C(=O)C=C2C1=CC=C1C3(C)CCC4(C)CC[C@@](C)(C(=O)O)C[C@H]4[C@]3(C)CC[C@@]21C. The third-order valence-corrected chi connectivity index (χ3v) is 11.4. The Hall–Kier alpha value is -2.10. The van der Waals surface area contributed by atoms with E-state index in [2.05, 4.69) is 39.8 Å². The second kappa shape index (κ2) is 6.52. The van der Waals surface area contributed by atoms with E-state index >= 15 is 0 Å². The third-order valence-electron chi connectivity index (χ3n) is 11.4. The predicted molar refractivity (Wildman–Crippen MR) is 129 cm³/mol. The predicted octanol–water partition coefficient (Wildman–Crippen LogP) is 6.70. The highest BCUT2D eigenvalue weighted by Crippen LogP contribution is 2.75. The van der Waals surface area contributed by atoms with Crippen LogP contribution in [-0.4, -0.2) is 22.0 Å². The molecular formula is C29H38O4. The van der Waals surface area contributed by atoms with Crippen LogP contribution in [0.1, 0.15) is 86.5 Å². The average Bonchev–Trinajstić information content (AvgIpc) is 2.75. The second-order valence-electron chi connectivity index (χ2n) is 12.9. The van der Waals surface area contributed by atoms with Gasteiger partial charge in [-0.15, -0.1) is 0 Å². The monoisotopic (exact) mass is 450 g/mol. The number of aliphatic hydroxyl groups is 1. The van der Waals surface area contributed by atoms with Gasteiger partial charge < -0.3 is 10.2 Å². The van der Waals surface area contributed by atoms with E-state index < -0.39 is 11.4 Å². The maximum atomic E-state index is 12.6. The molecule has 0 saturated heterocycles. The molecular weight excluding hydrogens is 412 g/mol. The third kappa shape index (κ3) is 2.64. The van der Waals surface area contributed by atoms with Crippen LogP contribution in [0.4, 0.5) is 0 Å². The standard InChI is InChI=1S/C29H38O4/c1-17-18-7-8-21-27(4,19(18)15-20(30)23(17)31)12-14-29(6)22-16-26(3,24(32)33)10-9-25(22,2)11-13-28(21,29)5/h7-8,15,22,31H,9-14,16H2,1-6H3,(H,32,33)/t22-,25?,26-,27+,28?,29+/m1/s1. The summed E-state index contributed by atoms with van der Waals surface area (Å²) >= 11 is 0. The second-order valence-corrected chi connectivity index (χ2v) is 12.9. The number of carboxylic acids is 1.